The molecule has 4 fully saturated rings. The molecule has 0 spiro atoms. The van der Waals surface area contributed by atoms with Crippen molar-refractivity contribution in [2.75, 3.05) is 0 Å². The summed E-state index contributed by atoms with van der Waals surface area (Å²) in [6, 6.07) is 20.8. The summed E-state index contributed by atoms with van der Waals surface area (Å²) >= 11 is 0. The van der Waals surface area contributed by atoms with Crippen molar-refractivity contribution < 1.29 is 21.7 Å². The molecule has 173 valence electrons. The summed E-state index contributed by atoms with van der Waals surface area (Å²) in [6.07, 6.45) is 7.12. The summed E-state index contributed by atoms with van der Waals surface area (Å²) in [6.45, 7) is 13.1. The fourth-order valence-electron chi connectivity index (χ4n) is 5.46. The summed E-state index contributed by atoms with van der Waals surface area (Å²) in [7, 11) is 0.750. The van der Waals surface area contributed by atoms with Gasteiger partial charge in [0.25, 0.3) is 0 Å². The maximum absolute atomic E-state index is 7.79. The van der Waals surface area contributed by atoms with Crippen LogP contribution in [0.25, 0.3) is 16.9 Å². The second-order valence-electron chi connectivity index (χ2n) is 9.99. The molecule has 33 heavy (non-hydrogen) atoms. The first-order valence-corrected chi connectivity index (χ1v) is 14.5. The third kappa shape index (κ3) is 7.15. The van der Waals surface area contributed by atoms with E-state index in [9.17, 15) is 0 Å². The number of rotatable bonds is 1. The Labute approximate surface area is 220 Å². The molecule has 1 unspecified atom stereocenters. The van der Waals surface area contributed by atoms with E-state index in [0.717, 1.165) is 27.3 Å². The molecule has 7 rings (SSSR count). The molecule has 1 N–H and O–H groups in total. The van der Waals surface area contributed by atoms with Crippen molar-refractivity contribution in [3.63, 3.8) is 0 Å². The Balaban J connectivity index is 0.000000166. The van der Waals surface area contributed by atoms with Gasteiger partial charge in [0.2, 0.25) is 0 Å². The van der Waals surface area contributed by atoms with Gasteiger partial charge in [-0.1, -0.05) is 120 Å². The second-order valence-corrected chi connectivity index (χ2v) is 11.1. The Bertz CT molecular complexity index is 864. The average molecular weight is 491 g/mol. The Kier molecular flexibility index (Phi) is 10.6. The van der Waals surface area contributed by atoms with Gasteiger partial charge in [0.1, 0.15) is 0 Å². The number of allylic oxidation sites excluding steroid dienone is 4. The molecule has 0 heterocycles. The molecule has 0 amide bonds. The predicted molar refractivity (Wildman–Crippen MR) is 142 cm³/mol. The van der Waals surface area contributed by atoms with Crippen molar-refractivity contribution in [3.05, 3.63) is 89.2 Å². The Morgan fingerprint density at radius 1 is 0.788 bits per heavy atom. The number of benzene rings is 2. The maximum atomic E-state index is 7.79. The van der Waals surface area contributed by atoms with Gasteiger partial charge in [0.05, 0.1) is 0 Å². The first kappa shape index (κ1) is 28.1. The molecule has 1 atom stereocenters. The second kappa shape index (κ2) is 12.5. The van der Waals surface area contributed by atoms with Gasteiger partial charge in [0, 0.05) is 9.52 Å². The van der Waals surface area contributed by atoms with Gasteiger partial charge in [-0.15, -0.1) is 12.5 Å². The molecule has 2 aromatic rings. The van der Waals surface area contributed by atoms with Crippen LogP contribution < -0.4 is 0 Å². The predicted octanol–water partition coefficient (Wildman–Crippen LogP) is 8.43. The van der Waals surface area contributed by atoms with Gasteiger partial charge in [-0.05, 0) is 28.9 Å². The fraction of sp³-hybridized carbons (Fsp3) is 0.467. The van der Waals surface area contributed by atoms with Gasteiger partial charge in [-0.2, -0.15) is 11.1 Å². The van der Waals surface area contributed by atoms with Crippen molar-refractivity contribution in [1.29, 1.82) is 0 Å². The van der Waals surface area contributed by atoms with Crippen LogP contribution in [0, 0.1) is 29.7 Å². The normalized spacial score (nSPS) is 29.4. The van der Waals surface area contributed by atoms with E-state index in [0.29, 0.717) is 5.92 Å². The van der Waals surface area contributed by atoms with Crippen LogP contribution in [0.15, 0.2) is 77.4 Å². The summed E-state index contributed by atoms with van der Waals surface area (Å²) in [5, 5.41) is 0. The van der Waals surface area contributed by atoms with Crippen LogP contribution in [-0.4, -0.2) is 15.1 Å². The van der Waals surface area contributed by atoms with E-state index in [-0.39, 0.29) is 27.3 Å². The van der Waals surface area contributed by atoms with E-state index >= 15 is 0 Å². The molecule has 1 radical (unpaired) electrons. The Morgan fingerprint density at radius 3 is 1.33 bits per heavy atom. The molecule has 5 aliphatic rings. The summed E-state index contributed by atoms with van der Waals surface area (Å²) < 4.78 is 0. The smallest absolute Gasteiger partial charge is 0.672 e. The quantitative estimate of drug-likeness (QED) is 0.283. The van der Waals surface area contributed by atoms with E-state index < -0.39 is 0 Å². The van der Waals surface area contributed by atoms with Crippen LogP contribution in [0.1, 0.15) is 47.0 Å². The third-order valence-electron chi connectivity index (χ3n) is 7.51. The molecular formula is C30H40NSiTi. The van der Waals surface area contributed by atoms with Crippen LogP contribution in [0.3, 0.4) is 0 Å². The van der Waals surface area contributed by atoms with E-state index in [2.05, 4.69) is 95.4 Å². The SMILES string of the molecule is CC1=[C-]C(C)C(C)=C1C.C[SiH]C.[NH-]C12CC3C(C1)C3C2.[Ti+2].c1ccc(-c2ccccc2)cc1. The van der Waals surface area contributed by atoms with Gasteiger partial charge in [-0.3, -0.25) is 6.08 Å². The van der Waals surface area contributed by atoms with Crippen LogP contribution in [0.5, 0.6) is 0 Å². The summed E-state index contributed by atoms with van der Waals surface area (Å²) in [5.74, 6) is 3.66. The van der Waals surface area contributed by atoms with Gasteiger partial charge in [0.15, 0.2) is 0 Å². The Morgan fingerprint density at radius 2 is 1.15 bits per heavy atom. The zero-order valence-corrected chi connectivity index (χ0v) is 24.0. The molecule has 5 aliphatic carbocycles. The fourth-order valence-corrected chi connectivity index (χ4v) is 5.46. The van der Waals surface area contributed by atoms with E-state index in [1.54, 1.807) is 0 Å². The molecular weight excluding hydrogens is 450 g/mol. The minimum absolute atomic E-state index is 0. The Hall–Kier alpha value is -1.19. The van der Waals surface area contributed by atoms with Crippen LogP contribution in [-0.2, 0) is 21.7 Å². The van der Waals surface area contributed by atoms with E-state index in [4.69, 9.17) is 5.73 Å². The minimum atomic E-state index is 0. The number of hydrogen-bond donors (Lipinski definition) is 0. The zero-order valence-electron chi connectivity index (χ0n) is 21.3. The molecule has 2 aromatic carbocycles. The maximum Gasteiger partial charge on any atom is 2.00 e. The molecule has 0 aliphatic heterocycles. The van der Waals surface area contributed by atoms with Crippen molar-refractivity contribution in [1.82, 2.24) is 0 Å². The largest absolute Gasteiger partial charge is 2.00 e. The first-order chi connectivity index (χ1) is 15.3. The minimum Gasteiger partial charge on any atom is -0.672 e. The van der Waals surface area contributed by atoms with Crippen molar-refractivity contribution >= 4 is 9.52 Å². The van der Waals surface area contributed by atoms with Crippen molar-refractivity contribution in [3.8, 4) is 11.1 Å². The van der Waals surface area contributed by atoms with Crippen LogP contribution >= 0.6 is 0 Å². The van der Waals surface area contributed by atoms with Crippen molar-refractivity contribution in [2.24, 2.45) is 23.7 Å². The van der Waals surface area contributed by atoms with Crippen LogP contribution in [0.2, 0.25) is 13.1 Å². The number of hydrogen-bond acceptors (Lipinski definition) is 0. The summed E-state index contributed by atoms with van der Waals surface area (Å²) in [4.78, 5) is 0. The zero-order chi connectivity index (χ0) is 23.3. The monoisotopic (exact) mass is 490 g/mol. The van der Waals surface area contributed by atoms with Gasteiger partial charge in [-0.25, -0.2) is 5.57 Å². The van der Waals surface area contributed by atoms with Gasteiger partial charge >= 0.3 is 21.7 Å². The van der Waals surface area contributed by atoms with Gasteiger partial charge < -0.3 is 5.73 Å². The van der Waals surface area contributed by atoms with Crippen molar-refractivity contribution in [2.45, 2.75) is 65.6 Å². The van der Waals surface area contributed by atoms with Crippen LogP contribution in [0.4, 0.5) is 0 Å². The standard InChI is InChI=1S/C12H10.C9H13.C7H10N.C2H7Si.Ti/c1-3-7-11(8-4-1)12-9-5-2-6-10-12;1-6-5-7(2)9(4)8(6)3;8-7-1-4-5(2-7)6(4)3-7;1-3-2;/h1-10H;6H,1-4H3;4-6,8H,1-3H2;3H,1-2H3;/q;2*-1;;+2. The van der Waals surface area contributed by atoms with E-state index in [1.807, 2.05) is 12.1 Å². The molecule has 3 heteroatoms. The first-order valence-electron chi connectivity index (χ1n) is 12.2. The average Bonchev–Trinajstić information content (AvgIpc) is 3.17. The van der Waals surface area contributed by atoms with E-state index in [1.165, 1.54) is 47.1 Å². The molecule has 1 nitrogen and oxygen atoms in total. The molecule has 4 bridgehead atoms. The number of nitrogens with one attached hydrogen (secondary N) is 1. The molecule has 0 saturated heterocycles. The molecule has 4 saturated carbocycles. The third-order valence-corrected chi connectivity index (χ3v) is 7.51. The topological polar surface area (TPSA) is 23.8 Å². The molecule has 0 aromatic heterocycles. The summed E-state index contributed by atoms with van der Waals surface area (Å²) in [5.41, 5.74) is 14.7.